The van der Waals surface area contributed by atoms with Crippen LogP contribution in [0.3, 0.4) is 0 Å². The molecule has 0 saturated heterocycles. The number of thioether (sulfide) groups is 1. The Morgan fingerprint density at radius 2 is 1.96 bits per heavy atom. The summed E-state index contributed by atoms with van der Waals surface area (Å²) in [7, 11) is 1.65. The van der Waals surface area contributed by atoms with Gasteiger partial charge in [0.25, 0.3) is 0 Å². The lowest BCUT2D eigenvalue weighted by molar-refractivity contribution is -0.116. The molecule has 4 rings (SSSR count). The zero-order valence-electron chi connectivity index (χ0n) is 16.5. The number of hydrogen-bond donors (Lipinski definition) is 0. The van der Waals surface area contributed by atoms with E-state index in [0.29, 0.717) is 17.7 Å². The van der Waals surface area contributed by atoms with Gasteiger partial charge in [-0.25, -0.2) is 4.68 Å². The zero-order valence-corrected chi connectivity index (χ0v) is 17.3. The zero-order chi connectivity index (χ0) is 19.5. The van der Waals surface area contributed by atoms with Crippen LogP contribution in [0.5, 0.6) is 5.75 Å². The second kappa shape index (κ2) is 8.51. The minimum absolute atomic E-state index is 0.0931. The number of carbonyl (C=O) groups excluding carboxylic acids is 1. The molecule has 2 fully saturated rings. The van der Waals surface area contributed by atoms with E-state index in [2.05, 4.69) is 22.4 Å². The summed E-state index contributed by atoms with van der Waals surface area (Å²) >= 11 is 1.44. The summed E-state index contributed by atoms with van der Waals surface area (Å²) in [6.45, 7) is 2.15. The SMILES string of the molecule is COc1ccc(N(C(=O)CSc2nnnn2C2CCCC2)C(C)C2CC2)cc1. The smallest absolute Gasteiger partial charge is 0.237 e. The largest absolute Gasteiger partial charge is 0.497 e. The van der Waals surface area contributed by atoms with Crippen molar-refractivity contribution >= 4 is 23.4 Å². The van der Waals surface area contributed by atoms with Crippen LogP contribution in [0.4, 0.5) is 5.69 Å². The molecular formula is C20H27N5O2S. The Morgan fingerprint density at radius 3 is 2.61 bits per heavy atom. The Kier molecular flexibility index (Phi) is 5.85. The number of hydrogen-bond acceptors (Lipinski definition) is 6. The van der Waals surface area contributed by atoms with Crippen LogP contribution in [0.1, 0.15) is 51.5 Å². The number of amides is 1. The van der Waals surface area contributed by atoms with Crippen molar-refractivity contribution in [1.29, 1.82) is 0 Å². The van der Waals surface area contributed by atoms with E-state index in [4.69, 9.17) is 4.74 Å². The molecule has 1 amide bonds. The van der Waals surface area contributed by atoms with E-state index in [-0.39, 0.29) is 11.9 Å². The fourth-order valence-corrected chi connectivity index (χ4v) is 4.80. The number of rotatable bonds is 8. The second-order valence-electron chi connectivity index (χ2n) is 7.67. The molecule has 7 nitrogen and oxygen atoms in total. The molecule has 0 bridgehead atoms. The summed E-state index contributed by atoms with van der Waals surface area (Å²) in [5.74, 6) is 1.80. The van der Waals surface area contributed by atoms with Crippen LogP contribution in [0.2, 0.25) is 0 Å². The molecule has 0 spiro atoms. The van der Waals surface area contributed by atoms with Gasteiger partial charge in [0.15, 0.2) is 0 Å². The van der Waals surface area contributed by atoms with Gasteiger partial charge in [0.1, 0.15) is 5.75 Å². The standard InChI is InChI=1S/C20H27N5O2S/c1-14(15-7-8-15)24(16-9-11-18(27-2)12-10-16)19(26)13-28-20-21-22-23-25(20)17-5-3-4-6-17/h9-12,14-15,17H,3-8,13H2,1-2H3. The molecule has 8 heteroatoms. The third-order valence-corrected chi connectivity index (χ3v) is 6.71. The van der Waals surface area contributed by atoms with E-state index < -0.39 is 0 Å². The van der Waals surface area contributed by atoms with Crippen LogP contribution in [0.25, 0.3) is 0 Å². The monoisotopic (exact) mass is 401 g/mol. The van der Waals surface area contributed by atoms with Crippen LogP contribution in [0.15, 0.2) is 29.4 Å². The Labute approximate surface area is 169 Å². The molecule has 2 saturated carbocycles. The van der Waals surface area contributed by atoms with Crippen molar-refractivity contribution in [3.05, 3.63) is 24.3 Å². The fourth-order valence-electron chi connectivity index (χ4n) is 3.99. The summed E-state index contributed by atoms with van der Waals surface area (Å²) in [6, 6.07) is 8.29. The van der Waals surface area contributed by atoms with Gasteiger partial charge in [-0.15, -0.1) is 5.10 Å². The normalized spacial score (nSPS) is 18.2. The van der Waals surface area contributed by atoms with Crippen molar-refractivity contribution in [3.63, 3.8) is 0 Å². The Morgan fingerprint density at radius 1 is 1.25 bits per heavy atom. The topological polar surface area (TPSA) is 73.1 Å². The van der Waals surface area contributed by atoms with E-state index >= 15 is 0 Å². The van der Waals surface area contributed by atoms with Crippen molar-refractivity contribution in [2.45, 2.75) is 62.7 Å². The summed E-state index contributed by atoms with van der Waals surface area (Å²) < 4.78 is 7.17. The summed E-state index contributed by atoms with van der Waals surface area (Å²) in [5, 5.41) is 12.9. The minimum Gasteiger partial charge on any atom is -0.497 e. The molecule has 150 valence electrons. The van der Waals surface area contributed by atoms with Gasteiger partial charge in [0.2, 0.25) is 11.1 Å². The van der Waals surface area contributed by atoms with Crippen molar-refractivity contribution in [2.24, 2.45) is 5.92 Å². The van der Waals surface area contributed by atoms with Gasteiger partial charge >= 0.3 is 0 Å². The highest BCUT2D eigenvalue weighted by Gasteiger charge is 2.35. The number of anilines is 1. The van der Waals surface area contributed by atoms with Gasteiger partial charge in [-0.05, 0) is 73.2 Å². The molecule has 2 aromatic rings. The first kappa shape index (κ1) is 19.2. The van der Waals surface area contributed by atoms with Gasteiger partial charge in [-0.1, -0.05) is 24.6 Å². The first-order valence-electron chi connectivity index (χ1n) is 10.0. The molecule has 28 heavy (non-hydrogen) atoms. The maximum absolute atomic E-state index is 13.2. The predicted molar refractivity (Wildman–Crippen MR) is 109 cm³/mol. The van der Waals surface area contributed by atoms with Crippen molar-refractivity contribution in [3.8, 4) is 5.75 Å². The third-order valence-electron chi connectivity index (χ3n) is 5.79. The molecule has 2 aliphatic carbocycles. The van der Waals surface area contributed by atoms with Crippen molar-refractivity contribution in [2.75, 3.05) is 17.8 Å². The molecule has 0 N–H and O–H groups in total. The highest BCUT2D eigenvalue weighted by molar-refractivity contribution is 7.99. The maximum atomic E-state index is 13.2. The lowest BCUT2D eigenvalue weighted by atomic mass is 10.1. The summed E-state index contributed by atoms with van der Waals surface area (Å²) in [4.78, 5) is 15.1. The molecule has 1 aromatic heterocycles. The van der Waals surface area contributed by atoms with Gasteiger partial charge in [0.05, 0.1) is 18.9 Å². The van der Waals surface area contributed by atoms with E-state index in [0.717, 1.165) is 29.4 Å². The lowest BCUT2D eigenvalue weighted by Gasteiger charge is -2.29. The van der Waals surface area contributed by atoms with Crippen LogP contribution in [0, 0.1) is 5.92 Å². The second-order valence-corrected chi connectivity index (χ2v) is 8.62. The van der Waals surface area contributed by atoms with E-state index in [1.54, 1.807) is 7.11 Å². The molecule has 1 atom stereocenters. The van der Waals surface area contributed by atoms with Gasteiger partial charge in [-0.2, -0.15) is 0 Å². The quantitative estimate of drug-likeness (QED) is 0.628. The summed E-state index contributed by atoms with van der Waals surface area (Å²) in [6.07, 6.45) is 7.05. The van der Waals surface area contributed by atoms with Crippen molar-refractivity contribution < 1.29 is 9.53 Å². The predicted octanol–water partition coefficient (Wildman–Crippen LogP) is 3.72. The Hall–Kier alpha value is -2.09. The molecule has 1 heterocycles. The fraction of sp³-hybridized carbons (Fsp3) is 0.600. The number of benzene rings is 1. The van der Waals surface area contributed by atoms with Crippen LogP contribution < -0.4 is 9.64 Å². The molecule has 0 aliphatic heterocycles. The average molecular weight is 402 g/mol. The Bertz CT molecular complexity index is 799. The van der Waals surface area contributed by atoms with Gasteiger partial charge in [0, 0.05) is 11.7 Å². The third kappa shape index (κ3) is 4.16. The highest BCUT2D eigenvalue weighted by atomic mass is 32.2. The number of nitrogens with zero attached hydrogens (tertiary/aromatic N) is 5. The number of tetrazole rings is 1. The molecular weight excluding hydrogens is 374 g/mol. The van der Waals surface area contributed by atoms with E-state index in [1.165, 1.54) is 37.4 Å². The molecule has 2 aliphatic rings. The van der Waals surface area contributed by atoms with Crippen molar-refractivity contribution in [1.82, 2.24) is 20.2 Å². The van der Waals surface area contributed by atoms with Crippen LogP contribution >= 0.6 is 11.8 Å². The van der Waals surface area contributed by atoms with Crippen LogP contribution in [-0.2, 0) is 4.79 Å². The number of methoxy groups -OCH3 is 1. The van der Waals surface area contributed by atoms with Crippen LogP contribution in [-0.4, -0.2) is 45.0 Å². The number of aromatic nitrogens is 4. The summed E-state index contributed by atoms with van der Waals surface area (Å²) in [5.41, 5.74) is 0.918. The van der Waals surface area contributed by atoms with E-state index in [1.807, 2.05) is 33.8 Å². The molecule has 1 unspecified atom stereocenters. The highest BCUT2D eigenvalue weighted by Crippen LogP contribution is 2.38. The minimum atomic E-state index is 0.0931. The first-order valence-corrected chi connectivity index (χ1v) is 11.0. The number of ether oxygens (including phenoxy) is 1. The molecule has 0 radical (unpaired) electrons. The Balaban J connectivity index is 1.47. The van der Waals surface area contributed by atoms with Gasteiger partial charge in [-0.3, -0.25) is 4.79 Å². The average Bonchev–Trinajstić information content (AvgIpc) is 3.23. The maximum Gasteiger partial charge on any atom is 0.237 e. The lowest BCUT2D eigenvalue weighted by Crippen LogP contribution is -2.41. The number of carbonyl (C=O) groups is 1. The van der Waals surface area contributed by atoms with Gasteiger partial charge < -0.3 is 9.64 Å². The van der Waals surface area contributed by atoms with E-state index in [9.17, 15) is 4.79 Å². The first-order chi connectivity index (χ1) is 13.7. The molecule has 1 aromatic carbocycles.